The average Bonchev–Trinajstić information content (AvgIpc) is 3.83. The number of alkyl halides is 3. The number of carbonyl (C=O) groups is 1. The first-order chi connectivity index (χ1) is 24.0. The van der Waals surface area contributed by atoms with Crippen molar-refractivity contribution in [1.29, 1.82) is 0 Å². The molecule has 5 rings (SSSR count). The summed E-state index contributed by atoms with van der Waals surface area (Å²) in [6.07, 6.45) is 5.74. The minimum atomic E-state index is -4.51. The van der Waals surface area contributed by atoms with E-state index in [4.69, 9.17) is 24.2 Å². The number of esters is 1. The number of benzene rings is 1. The maximum Gasteiger partial charge on any atom is 0.434 e. The molecule has 0 N–H and O–H groups in total. The molecule has 3 aromatic heterocycles. The first-order valence-electron chi connectivity index (χ1n) is 17.0. The topological polar surface area (TPSA) is 114 Å². The third kappa shape index (κ3) is 10.8. The van der Waals surface area contributed by atoms with Crippen LogP contribution in [0.1, 0.15) is 103 Å². The van der Waals surface area contributed by atoms with E-state index in [-0.39, 0.29) is 24.0 Å². The number of rotatable bonds is 11. The van der Waals surface area contributed by atoms with Crippen LogP contribution in [0.3, 0.4) is 0 Å². The second-order valence-corrected chi connectivity index (χ2v) is 13.8. The number of methoxy groups -OCH3 is 1. The van der Waals surface area contributed by atoms with Crippen molar-refractivity contribution >= 4 is 11.5 Å². The lowest BCUT2D eigenvalue weighted by molar-refractivity contribution is -0.152. The van der Waals surface area contributed by atoms with Crippen molar-refractivity contribution in [2.45, 2.75) is 98.5 Å². The fraction of sp³-hybridized carbons (Fsp3) is 0.474. The lowest BCUT2D eigenvalue weighted by Gasteiger charge is -2.17. The van der Waals surface area contributed by atoms with Gasteiger partial charge in [-0.2, -0.15) is 18.2 Å². The van der Waals surface area contributed by atoms with Gasteiger partial charge in [-0.05, 0) is 63.5 Å². The maximum absolute atomic E-state index is 13.1. The summed E-state index contributed by atoms with van der Waals surface area (Å²) in [6, 6.07) is 7.10. The molecule has 0 radical (unpaired) electrons. The molecular weight excluding hydrogens is 661 g/mol. The van der Waals surface area contributed by atoms with Crippen LogP contribution < -0.4 is 9.47 Å². The number of ether oxygens (including phenoxy) is 3. The van der Waals surface area contributed by atoms with Gasteiger partial charge < -0.3 is 18.8 Å². The van der Waals surface area contributed by atoms with Crippen LogP contribution in [0.2, 0.25) is 0 Å². The molecule has 0 amide bonds. The first-order valence-corrected chi connectivity index (χ1v) is 17.0. The minimum absolute atomic E-state index is 0.192. The van der Waals surface area contributed by atoms with Crippen LogP contribution in [-0.4, -0.2) is 48.2 Å². The number of imidazole rings is 1. The number of aromatic nitrogens is 6. The normalized spacial score (nSPS) is 13.5. The predicted octanol–water partition coefficient (Wildman–Crippen LogP) is 9.01. The summed E-state index contributed by atoms with van der Waals surface area (Å²) in [5.41, 5.74) is 3.57. The van der Waals surface area contributed by atoms with Gasteiger partial charge in [-0.25, -0.2) is 19.9 Å². The van der Waals surface area contributed by atoms with E-state index in [1.807, 2.05) is 32.9 Å². The molecule has 1 aliphatic rings. The molecule has 1 fully saturated rings. The molecule has 0 bridgehead atoms. The van der Waals surface area contributed by atoms with Gasteiger partial charge in [-0.3, -0.25) is 4.79 Å². The Labute approximate surface area is 297 Å². The Morgan fingerprint density at radius 1 is 1.04 bits per heavy atom. The molecule has 0 aliphatic heterocycles. The largest absolute Gasteiger partial charge is 0.480 e. The van der Waals surface area contributed by atoms with Crippen molar-refractivity contribution in [3.05, 3.63) is 71.6 Å². The van der Waals surface area contributed by atoms with Gasteiger partial charge in [0.1, 0.15) is 29.9 Å². The third-order valence-corrected chi connectivity index (χ3v) is 7.74. The van der Waals surface area contributed by atoms with Crippen LogP contribution in [0.4, 0.5) is 13.2 Å². The molecule has 0 unspecified atom stereocenters. The molecule has 0 spiro atoms. The summed E-state index contributed by atoms with van der Waals surface area (Å²) in [5.74, 6) is 2.10. The Balaban J connectivity index is 0.000000652. The van der Waals surface area contributed by atoms with E-state index in [1.165, 1.54) is 17.8 Å². The molecule has 1 aliphatic carbocycles. The quantitative estimate of drug-likeness (QED) is 0.141. The van der Waals surface area contributed by atoms with Crippen LogP contribution in [-0.2, 0) is 29.4 Å². The maximum atomic E-state index is 13.1. The first kappa shape index (κ1) is 39.0. The lowest BCUT2D eigenvalue weighted by Crippen LogP contribution is -2.21. The smallest absolute Gasteiger partial charge is 0.434 e. The molecule has 1 saturated carbocycles. The number of hydrogen-bond donors (Lipinski definition) is 0. The van der Waals surface area contributed by atoms with Gasteiger partial charge in [0.25, 0.3) is 0 Å². The summed E-state index contributed by atoms with van der Waals surface area (Å²) in [4.78, 5) is 32.5. The highest BCUT2D eigenvalue weighted by atomic mass is 19.4. The minimum Gasteiger partial charge on any atom is -0.480 e. The van der Waals surface area contributed by atoms with E-state index in [1.54, 1.807) is 32.5 Å². The van der Waals surface area contributed by atoms with Gasteiger partial charge in [0.05, 0.1) is 18.4 Å². The van der Waals surface area contributed by atoms with Gasteiger partial charge in [0.15, 0.2) is 11.5 Å². The summed E-state index contributed by atoms with van der Waals surface area (Å²) >= 11 is 0. The summed E-state index contributed by atoms with van der Waals surface area (Å²) in [7, 11) is 3.11. The third-order valence-electron chi connectivity index (χ3n) is 7.74. The summed E-state index contributed by atoms with van der Waals surface area (Å²) < 4.78 is 57.5. The monoisotopic (exact) mass is 708 g/mol. The van der Waals surface area contributed by atoms with Crippen molar-refractivity contribution in [1.82, 2.24) is 29.5 Å². The Bertz CT molecular complexity index is 1820. The molecule has 10 nitrogen and oxygen atoms in total. The van der Waals surface area contributed by atoms with Crippen molar-refractivity contribution in [2.75, 3.05) is 7.11 Å². The number of aryl methyl sites for hydroxylation is 1. The number of halogens is 3. The van der Waals surface area contributed by atoms with Crippen molar-refractivity contribution in [3.8, 4) is 34.5 Å². The van der Waals surface area contributed by atoms with Gasteiger partial charge in [-0.15, -0.1) is 0 Å². The van der Waals surface area contributed by atoms with Gasteiger partial charge >= 0.3 is 12.1 Å². The number of hydrogen-bond acceptors (Lipinski definition) is 9. The zero-order chi connectivity index (χ0) is 37.5. The predicted molar refractivity (Wildman–Crippen MR) is 189 cm³/mol. The Hall–Kier alpha value is -4.81. The molecule has 51 heavy (non-hydrogen) atoms. The van der Waals surface area contributed by atoms with E-state index in [0.29, 0.717) is 40.5 Å². The van der Waals surface area contributed by atoms with Crippen molar-refractivity contribution in [3.63, 3.8) is 0 Å². The Morgan fingerprint density at radius 2 is 1.73 bits per heavy atom. The highest BCUT2D eigenvalue weighted by Crippen LogP contribution is 2.45. The van der Waals surface area contributed by atoms with E-state index in [2.05, 4.69) is 41.8 Å². The van der Waals surface area contributed by atoms with Crippen molar-refractivity contribution < 1.29 is 32.2 Å². The van der Waals surface area contributed by atoms with Crippen LogP contribution in [0.5, 0.6) is 11.8 Å². The van der Waals surface area contributed by atoms with Crippen LogP contribution in [0.15, 0.2) is 49.1 Å². The number of carbonyl (C=O) groups excluding carboxylic acids is 1. The molecule has 3 heterocycles. The Morgan fingerprint density at radius 3 is 2.24 bits per heavy atom. The highest BCUT2D eigenvalue weighted by Gasteiger charge is 2.35. The van der Waals surface area contributed by atoms with Crippen LogP contribution in [0, 0.1) is 5.92 Å². The van der Waals surface area contributed by atoms with Crippen LogP contribution >= 0.6 is 0 Å². The van der Waals surface area contributed by atoms with E-state index < -0.39 is 11.9 Å². The Kier molecular flexibility index (Phi) is 12.6. The highest BCUT2D eigenvalue weighted by molar-refractivity contribution is 5.72. The van der Waals surface area contributed by atoms with Gasteiger partial charge in [-0.1, -0.05) is 51.1 Å². The number of nitrogens with zero attached hydrogens (tertiary/aromatic N) is 6. The zero-order valence-corrected chi connectivity index (χ0v) is 30.8. The second kappa shape index (κ2) is 16.5. The summed E-state index contributed by atoms with van der Waals surface area (Å²) in [6.45, 7) is 13.5. The molecule has 0 atom stereocenters. The fourth-order valence-electron chi connectivity index (χ4n) is 5.26. The van der Waals surface area contributed by atoms with Crippen molar-refractivity contribution in [2.24, 2.45) is 13.0 Å². The van der Waals surface area contributed by atoms with Gasteiger partial charge in [0.2, 0.25) is 11.8 Å². The SMILES string of the molecule is CC(=O)OC(C)(C)C.CC/C(=C\CC(C)C)c1cnc(-c2c(OC)ncnc2C2CC2)nc1OCc1ccc(-c2nc(C(F)(F)F)cn2C)cc1. The fourth-order valence-corrected chi connectivity index (χ4v) is 5.26. The molecule has 274 valence electrons. The lowest BCUT2D eigenvalue weighted by atomic mass is 10.0. The standard InChI is InChI=1S/C32H35F3N6O2.C6H12O2/c1-6-21(10-7-19(2)3)24-15-36-28(26-27(22-13-14-22)37-18-38-31(26)42-5)40-30(24)43-17-20-8-11-23(12-9-20)29-39-25(16-41(29)4)32(33,34)35;1-5(7)8-6(2,3)4/h8-12,15-16,18-19,22H,6-7,13-14,17H2,1-5H3;1-4H3/b21-10+;. The molecule has 1 aromatic carbocycles. The number of allylic oxidation sites excluding steroid dienone is 2. The molecule has 4 aromatic rings. The molecular formula is C38H47F3N6O4. The van der Waals surface area contributed by atoms with Crippen LogP contribution in [0.25, 0.3) is 28.3 Å². The summed E-state index contributed by atoms with van der Waals surface area (Å²) in [5, 5.41) is 0. The molecule has 0 saturated heterocycles. The zero-order valence-electron chi connectivity index (χ0n) is 30.8. The second-order valence-electron chi connectivity index (χ2n) is 13.8. The average molecular weight is 709 g/mol. The van der Waals surface area contributed by atoms with E-state index in [0.717, 1.165) is 54.3 Å². The van der Waals surface area contributed by atoms with E-state index >= 15 is 0 Å². The molecule has 13 heteroatoms. The van der Waals surface area contributed by atoms with E-state index in [9.17, 15) is 18.0 Å². The van der Waals surface area contributed by atoms with Gasteiger partial charge in [0, 0.05) is 37.8 Å².